The molecule has 0 aliphatic carbocycles. The molecule has 0 aliphatic heterocycles. The summed E-state index contributed by atoms with van der Waals surface area (Å²) in [6, 6.07) is 0. The third kappa shape index (κ3) is 52.8. The van der Waals surface area contributed by atoms with E-state index in [0.29, 0.717) is 19.3 Å². The van der Waals surface area contributed by atoms with Gasteiger partial charge in [0.25, 0.3) is 0 Å². The van der Waals surface area contributed by atoms with Gasteiger partial charge in [0.05, 0.1) is 0 Å². The van der Waals surface area contributed by atoms with Gasteiger partial charge in [-0.1, -0.05) is 226 Å². The van der Waals surface area contributed by atoms with E-state index in [4.69, 9.17) is 14.2 Å². The molecule has 1 atom stereocenters. The van der Waals surface area contributed by atoms with Crippen molar-refractivity contribution in [2.24, 2.45) is 0 Å². The van der Waals surface area contributed by atoms with E-state index in [1.54, 1.807) is 0 Å². The molecule has 0 rings (SSSR count). The predicted molar refractivity (Wildman–Crippen MR) is 293 cm³/mol. The highest BCUT2D eigenvalue weighted by molar-refractivity contribution is 5.71. The van der Waals surface area contributed by atoms with Gasteiger partial charge in [-0.3, -0.25) is 14.4 Å². The summed E-state index contributed by atoms with van der Waals surface area (Å²) in [5, 5.41) is 0. The second-order valence-electron chi connectivity index (χ2n) is 17.7. The molecule has 0 bridgehead atoms. The van der Waals surface area contributed by atoms with Crippen molar-refractivity contribution in [2.75, 3.05) is 13.2 Å². The van der Waals surface area contributed by atoms with Crippen LogP contribution in [0.25, 0.3) is 0 Å². The van der Waals surface area contributed by atoms with Crippen LogP contribution in [0.2, 0.25) is 0 Å². The van der Waals surface area contributed by atoms with Crippen molar-refractivity contribution in [1.82, 2.24) is 0 Å². The van der Waals surface area contributed by atoms with Gasteiger partial charge in [-0.15, -0.1) is 0 Å². The minimum Gasteiger partial charge on any atom is -0.462 e. The number of unbranched alkanes of at least 4 members (excludes halogenated alkanes) is 17. The largest absolute Gasteiger partial charge is 0.462 e. The molecule has 1 unspecified atom stereocenters. The van der Waals surface area contributed by atoms with E-state index >= 15 is 0 Å². The fourth-order valence-electron chi connectivity index (χ4n) is 7.14. The zero-order valence-corrected chi connectivity index (χ0v) is 43.8. The zero-order chi connectivity index (χ0) is 49.3. The number of carbonyl (C=O) groups is 3. The Hall–Kier alpha value is -4.19. The first kappa shape index (κ1) is 63.8. The van der Waals surface area contributed by atoms with E-state index in [-0.39, 0.29) is 31.1 Å². The molecule has 0 spiro atoms. The van der Waals surface area contributed by atoms with Gasteiger partial charge < -0.3 is 14.2 Å². The molecule has 0 fully saturated rings. The number of allylic oxidation sites excluding steroid dienone is 20. The Balaban J connectivity index is 4.25. The first-order valence-corrected chi connectivity index (χ1v) is 27.5. The SMILES string of the molecule is CC/C=C\C/C=C\C/C=C\C/C=C\C/C=C\C/C=C\CCCCCCCCC(=O)OCC(COC(=O)CCCCCCCC)OC(=O)CCCCCCCC/C=C\C/C=C\C/C=C\C/C=C\CC. The van der Waals surface area contributed by atoms with Crippen LogP contribution in [-0.2, 0) is 28.6 Å². The summed E-state index contributed by atoms with van der Waals surface area (Å²) >= 11 is 0. The fourth-order valence-corrected chi connectivity index (χ4v) is 7.14. The summed E-state index contributed by atoms with van der Waals surface area (Å²) in [6.45, 7) is 6.32. The third-order valence-corrected chi connectivity index (χ3v) is 11.2. The standard InChI is InChI=1S/C62H100O6/c1-4-7-10-13-16-18-20-22-24-26-28-29-30-31-32-33-35-36-38-40-42-44-46-49-52-55-61(64)67-58-59(57-66-60(63)54-51-48-15-12-9-6-3)68-62(65)56-53-50-47-45-43-41-39-37-34-27-25-23-21-19-17-14-11-8-5-2/h7-8,10-11,16-19,22-25,28-29,31-32,34-37,59H,4-6,9,12-15,20-21,26-27,30,33,38-58H2,1-3H3/b10-7-,11-8-,18-16-,19-17-,24-22-,25-23-,29-28-,32-31-,36-35-,37-34-. The van der Waals surface area contributed by atoms with Crippen molar-refractivity contribution >= 4 is 17.9 Å². The van der Waals surface area contributed by atoms with Crippen LogP contribution in [0.3, 0.4) is 0 Å². The molecule has 6 heteroatoms. The molecular weight excluding hydrogens is 841 g/mol. The molecular formula is C62H100O6. The molecule has 0 aromatic rings. The van der Waals surface area contributed by atoms with Crippen molar-refractivity contribution < 1.29 is 28.6 Å². The van der Waals surface area contributed by atoms with Crippen LogP contribution in [0.15, 0.2) is 122 Å². The summed E-state index contributed by atoms with van der Waals surface area (Å²) < 4.78 is 16.7. The van der Waals surface area contributed by atoms with Crippen LogP contribution in [0, 0.1) is 0 Å². The lowest BCUT2D eigenvalue weighted by atomic mass is 10.1. The van der Waals surface area contributed by atoms with Crippen LogP contribution in [0.1, 0.15) is 233 Å². The van der Waals surface area contributed by atoms with Crippen LogP contribution in [-0.4, -0.2) is 37.2 Å². The van der Waals surface area contributed by atoms with E-state index in [0.717, 1.165) is 148 Å². The van der Waals surface area contributed by atoms with Crippen LogP contribution < -0.4 is 0 Å². The molecule has 0 N–H and O–H groups in total. The number of ether oxygens (including phenoxy) is 3. The topological polar surface area (TPSA) is 78.9 Å². The second-order valence-corrected chi connectivity index (χ2v) is 17.7. The minimum absolute atomic E-state index is 0.0917. The first-order chi connectivity index (χ1) is 33.5. The maximum absolute atomic E-state index is 12.8. The van der Waals surface area contributed by atoms with Gasteiger partial charge in [0.1, 0.15) is 13.2 Å². The van der Waals surface area contributed by atoms with E-state index in [9.17, 15) is 14.4 Å². The number of hydrogen-bond acceptors (Lipinski definition) is 6. The molecule has 384 valence electrons. The van der Waals surface area contributed by atoms with Crippen molar-refractivity contribution in [3.05, 3.63) is 122 Å². The Bertz CT molecular complexity index is 1450. The highest BCUT2D eigenvalue weighted by atomic mass is 16.6. The van der Waals surface area contributed by atoms with Gasteiger partial charge in [0, 0.05) is 19.3 Å². The Morgan fingerprint density at radius 1 is 0.309 bits per heavy atom. The summed E-state index contributed by atoms with van der Waals surface area (Å²) in [5.41, 5.74) is 0. The molecule has 0 saturated carbocycles. The summed E-state index contributed by atoms with van der Waals surface area (Å²) in [5.74, 6) is -0.936. The number of carbonyl (C=O) groups excluding carboxylic acids is 3. The molecule has 0 aromatic heterocycles. The van der Waals surface area contributed by atoms with Crippen molar-refractivity contribution in [3.63, 3.8) is 0 Å². The van der Waals surface area contributed by atoms with Gasteiger partial charge in [-0.25, -0.2) is 0 Å². The highest BCUT2D eigenvalue weighted by Crippen LogP contribution is 2.13. The minimum atomic E-state index is -0.792. The number of esters is 3. The molecule has 0 amide bonds. The molecule has 0 heterocycles. The Kier molecular flexibility index (Phi) is 52.0. The molecule has 6 nitrogen and oxygen atoms in total. The van der Waals surface area contributed by atoms with Gasteiger partial charge >= 0.3 is 17.9 Å². The monoisotopic (exact) mass is 941 g/mol. The van der Waals surface area contributed by atoms with Gasteiger partial charge in [-0.2, -0.15) is 0 Å². The summed E-state index contributed by atoms with van der Waals surface area (Å²) in [6.07, 6.45) is 76.4. The first-order valence-electron chi connectivity index (χ1n) is 27.5. The Labute approximate surface area is 418 Å². The summed E-state index contributed by atoms with van der Waals surface area (Å²) in [4.78, 5) is 37.9. The molecule has 0 saturated heterocycles. The molecule has 0 aliphatic rings. The highest BCUT2D eigenvalue weighted by Gasteiger charge is 2.19. The van der Waals surface area contributed by atoms with E-state index in [2.05, 4.69) is 142 Å². The third-order valence-electron chi connectivity index (χ3n) is 11.2. The van der Waals surface area contributed by atoms with Crippen LogP contribution >= 0.6 is 0 Å². The zero-order valence-electron chi connectivity index (χ0n) is 43.8. The molecule has 0 radical (unpaired) electrons. The van der Waals surface area contributed by atoms with Gasteiger partial charge in [-0.05, 0) is 109 Å². The van der Waals surface area contributed by atoms with Crippen LogP contribution in [0.4, 0.5) is 0 Å². The smallest absolute Gasteiger partial charge is 0.306 e. The van der Waals surface area contributed by atoms with E-state index in [1.807, 2.05) is 0 Å². The molecule has 68 heavy (non-hydrogen) atoms. The number of hydrogen-bond donors (Lipinski definition) is 0. The van der Waals surface area contributed by atoms with Crippen LogP contribution in [0.5, 0.6) is 0 Å². The average molecular weight is 941 g/mol. The van der Waals surface area contributed by atoms with E-state index < -0.39 is 6.10 Å². The summed E-state index contributed by atoms with van der Waals surface area (Å²) in [7, 11) is 0. The quantitative estimate of drug-likeness (QED) is 0.0262. The lowest BCUT2D eigenvalue weighted by molar-refractivity contribution is -0.167. The maximum atomic E-state index is 12.8. The fraction of sp³-hybridized carbons (Fsp3) is 0.629. The van der Waals surface area contributed by atoms with Gasteiger partial charge in [0.15, 0.2) is 6.10 Å². The normalized spacial score (nSPS) is 13.0. The lowest BCUT2D eigenvalue weighted by Crippen LogP contribution is -2.30. The van der Waals surface area contributed by atoms with Crippen molar-refractivity contribution in [1.29, 1.82) is 0 Å². The maximum Gasteiger partial charge on any atom is 0.306 e. The van der Waals surface area contributed by atoms with Crippen molar-refractivity contribution in [2.45, 2.75) is 239 Å². The molecule has 0 aromatic carbocycles. The Morgan fingerprint density at radius 2 is 0.574 bits per heavy atom. The van der Waals surface area contributed by atoms with Gasteiger partial charge in [0.2, 0.25) is 0 Å². The average Bonchev–Trinajstić information content (AvgIpc) is 3.34. The number of rotatable bonds is 48. The van der Waals surface area contributed by atoms with Crippen molar-refractivity contribution in [3.8, 4) is 0 Å². The lowest BCUT2D eigenvalue weighted by Gasteiger charge is -2.18. The predicted octanol–water partition coefficient (Wildman–Crippen LogP) is 18.5. The van der Waals surface area contributed by atoms with E-state index in [1.165, 1.54) is 44.9 Å². The second kappa shape index (κ2) is 55.4. The Morgan fingerprint density at radius 3 is 0.897 bits per heavy atom.